The molecule has 1 aliphatic rings. The van der Waals surface area contributed by atoms with Crippen LogP contribution in [0.4, 0.5) is 5.69 Å². The summed E-state index contributed by atoms with van der Waals surface area (Å²) in [6, 6.07) is 7.92. The highest BCUT2D eigenvalue weighted by molar-refractivity contribution is 5.92. The van der Waals surface area contributed by atoms with E-state index in [1.165, 1.54) is 5.56 Å². The van der Waals surface area contributed by atoms with Crippen molar-refractivity contribution in [1.29, 1.82) is 0 Å². The normalized spacial score (nSPS) is 16.3. The number of anilines is 1. The molecule has 1 heterocycles. The fraction of sp³-hybridized carbons (Fsp3) is 0.556. The lowest BCUT2D eigenvalue weighted by Crippen LogP contribution is -2.40. The highest BCUT2D eigenvalue weighted by Gasteiger charge is 2.25. The lowest BCUT2D eigenvalue weighted by Gasteiger charge is -2.29. The van der Waals surface area contributed by atoms with Crippen molar-refractivity contribution < 1.29 is 14.7 Å². The first-order valence-corrected chi connectivity index (χ1v) is 8.11. The van der Waals surface area contributed by atoms with Crippen LogP contribution < -0.4 is 5.32 Å². The van der Waals surface area contributed by atoms with E-state index in [-0.39, 0.29) is 29.6 Å². The minimum Gasteiger partial charge on any atom is -0.481 e. The van der Waals surface area contributed by atoms with Gasteiger partial charge in [0.15, 0.2) is 0 Å². The van der Waals surface area contributed by atoms with Crippen LogP contribution in [0.2, 0.25) is 0 Å². The van der Waals surface area contributed by atoms with Gasteiger partial charge in [0.25, 0.3) is 0 Å². The van der Waals surface area contributed by atoms with Gasteiger partial charge in [-0.2, -0.15) is 0 Å². The first-order chi connectivity index (χ1) is 10.8. The average molecular weight is 355 g/mol. The van der Waals surface area contributed by atoms with Gasteiger partial charge in [-0.25, -0.2) is 0 Å². The molecule has 134 valence electrons. The zero-order valence-corrected chi connectivity index (χ0v) is 15.4. The number of benzene rings is 1. The molecule has 0 radical (unpaired) electrons. The van der Waals surface area contributed by atoms with E-state index in [9.17, 15) is 9.59 Å². The van der Waals surface area contributed by atoms with Gasteiger partial charge in [0.05, 0.1) is 12.5 Å². The molecule has 1 amide bonds. The van der Waals surface area contributed by atoms with Crippen molar-refractivity contribution in [1.82, 2.24) is 4.90 Å². The van der Waals surface area contributed by atoms with Crippen molar-refractivity contribution in [2.75, 3.05) is 25.0 Å². The number of piperidine rings is 1. The summed E-state index contributed by atoms with van der Waals surface area (Å²) >= 11 is 0. The van der Waals surface area contributed by atoms with Crippen molar-refractivity contribution in [3.63, 3.8) is 0 Å². The molecule has 5 nitrogen and oxygen atoms in total. The largest absolute Gasteiger partial charge is 0.481 e. The summed E-state index contributed by atoms with van der Waals surface area (Å²) in [6.07, 6.45) is 1.23. The number of amides is 1. The predicted molar refractivity (Wildman–Crippen MR) is 97.8 cm³/mol. The molecule has 2 N–H and O–H groups in total. The fourth-order valence-electron chi connectivity index (χ4n) is 2.80. The maximum absolute atomic E-state index is 12.1. The summed E-state index contributed by atoms with van der Waals surface area (Å²) in [5, 5.41) is 11.9. The molecule has 2 rings (SSSR count). The molecule has 24 heavy (non-hydrogen) atoms. The number of hydrogen-bond acceptors (Lipinski definition) is 3. The molecule has 0 unspecified atom stereocenters. The fourth-order valence-corrected chi connectivity index (χ4v) is 2.80. The second-order valence-corrected chi connectivity index (χ2v) is 7.26. The molecule has 0 atom stereocenters. The summed E-state index contributed by atoms with van der Waals surface area (Å²) in [6.45, 7) is 8.10. The average Bonchev–Trinajstić information content (AvgIpc) is 2.47. The van der Waals surface area contributed by atoms with Gasteiger partial charge in [0.1, 0.15) is 0 Å². The van der Waals surface area contributed by atoms with E-state index >= 15 is 0 Å². The highest BCUT2D eigenvalue weighted by Crippen LogP contribution is 2.23. The number of carboxylic acids is 1. The SMILES string of the molecule is CC(C)(C)c1ccc(NC(=O)CN2CCC(C(=O)O)CC2)cc1.Cl. The van der Waals surface area contributed by atoms with Gasteiger partial charge in [0.2, 0.25) is 5.91 Å². The zero-order valence-electron chi connectivity index (χ0n) is 14.5. The Morgan fingerprint density at radius 3 is 2.17 bits per heavy atom. The number of carboxylic acid groups (broad SMARTS) is 1. The quantitative estimate of drug-likeness (QED) is 0.871. The second-order valence-electron chi connectivity index (χ2n) is 7.26. The van der Waals surface area contributed by atoms with Crippen LogP contribution in [-0.2, 0) is 15.0 Å². The molecule has 6 heteroatoms. The van der Waals surface area contributed by atoms with Crippen molar-refractivity contribution >= 4 is 30.0 Å². The van der Waals surface area contributed by atoms with Crippen molar-refractivity contribution in [3.05, 3.63) is 29.8 Å². The molecule has 0 aromatic heterocycles. The third kappa shape index (κ3) is 5.80. The third-order valence-electron chi connectivity index (χ3n) is 4.34. The second kappa shape index (κ2) is 8.49. The van der Waals surface area contributed by atoms with Crippen LogP contribution in [0.25, 0.3) is 0 Å². The third-order valence-corrected chi connectivity index (χ3v) is 4.34. The number of nitrogens with zero attached hydrogens (tertiary/aromatic N) is 1. The number of halogens is 1. The Morgan fingerprint density at radius 1 is 1.17 bits per heavy atom. The molecule has 1 fully saturated rings. The molecule has 1 aliphatic heterocycles. The molecule has 0 bridgehead atoms. The minimum atomic E-state index is -0.729. The standard InChI is InChI=1S/C18H26N2O3.ClH/c1-18(2,3)14-4-6-15(7-5-14)19-16(21)12-20-10-8-13(9-11-20)17(22)23;/h4-7,13H,8-12H2,1-3H3,(H,19,21)(H,22,23);1H. The van der Waals surface area contributed by atoms with Gasteiger partial charge in [-0.05, 0) is 49.0 Å². The number of carbonyl (C=O) groups is 2. The molecular formula is C18H27ClN2O3. The van der Waals surface area contributed by atoms with E-state index in [2.05, 4.69) is 26.1 Å². The smallest absolute Gasteiger partial charge is 0.306 e. The summed E-state index contributed by atoms with van der Waals surface area (Å²) in [5.41, 5.74) is 2.12. The van der Waals surface area contributed by atoms with E-state index < -0.39 is 5.97 Å². The van der Waals surface area contributed by atoms with Crippen LogP contribution in [-0.4, -0.2) is 41.5 Å². The zero-order chi connectivity index (χ0) is 17.0. The first kappa shape index (κ1) is 20.5. The Labute approximate surface area is 149 Å². The Kier molecular flexibility index (Phi) is 7.24. The number of likely N-dealkylation sites (tertiary alicyclic amines) is 1. The Hall–Kier alpha value is -1.59. The van der Waals surface area contributed by atoms with Crippen molar-refractivity contribution in [2.24, 2.45) is 5.92 Å². The van der Waals surface area contributed by atoms with E-state index in [1.807, 2.05) is 29.2 Å². The maximum Gasteiger partial charge on any atom is 0.306 e. The van der Waals surface area contributed by atoms with Crippen LogP contribution in [0.15, 0.2) is 24.3 Å². The van der Waals surface area contributed by atoms with Crippen LogP contribution in [0.1, 0.15) is 39.2 Å². The molecule has 0 aliphatic carbocycles. The van der Waals surface area contributed by atoms with Crippen molar-refractivity contribution in [2.45, 2.75) is 39.0 Å². The lowest BCUT2D eigenvalue weighted by molar-refractivity contribution is -0.143. The van der Waals surface area contributed by atoms with Crippen LogP contribution in [0, 0.1) is 5.92 Å². The van der Waals surface area contributed by atoms with Gasteiger partial charge >= 0.3 is 5.97 Å². The number of hydrogen-bond donors (Lipinski definition) is 2. The summed E-state index contributed by atoms with van der Waals surface area (Å²) in [7, 11) is 0. The molecular weight excluding hydrogens is 328 g/mol. The predicted octanol–water partition coefficient (Wildman–Crippen LogP) is 3.14. The van der Waals surface area contributed by atoms with Crippen molar-refractivity contribution in [3.8, 4) is 0 Å². The van der Waals surface area contributed by atoms with Gasteiger partial charge < -0.3 is 10.4 Å². The number of aliphatic carboxylic acids is 1. The molecule has 0 spiro atoms. The topological polar surface area (TPSA) is 69.6 Å². The van der Waals surface area contributed by atoms with E-state index in [4.69, 9.17) is 5.11 Å². The molecule has 0 saturated carbocycles. The Bertz CT molecular complexity index is 559. The number of rotatable bonds is 4. The summed E-state index contributed by atoms with van der Waals surface area (Å²) < 4.78 is 0. The first-order valence-electron chi connectivity index (χ1n) is 8.11. The molecule has 1 aromatic carbocycles. The van der Waals surface area contributed by atoms with Gasteiger partial charge in [-0.3, -0.25) is 14.5 Å². The van der Waals surface area contributed by atoms with E-state index in [1.54, 1.807) is 0 Å². The van der Waals surface area contributed by atoms with E-state index in [0.29, 0.717) is 32.5 Å². The monoisotopic (exact) mass is 354 g/mol. The van der Waals surface area contributed by atoms with Crippen LogP contribution >= 0.6 is 12.4 Å². The summed E-state index contributed by atoms with van der Waals surface area (Å²) in [5.74, 6) is -1.05. The number of carbonyl (C=O) groups excluding carboxylic acids is 1. The highest BCUT2D eigenvalue weighted by atomic mass is 35.5. The van der Waals surface area contributed by atoms with Crippen LogP contribution in [0.5, 0.6) is 0 Å². The lowest BCUT2D eigenvalue weighted by atomic mass is 9.87. The maximum atomic E-state index is 12.1. The van der Waals surface area contributed by atoms with E-state index in [0.717, 1.165) is 5.69 Å². The molecule has 1 aromatic rings. The summed E-state index contributed by atoms with van der Waals surface area (Å²) in [4.78, 5) is 25.0. The Morgan fingerprint density at radius 2 is 1.71 bits per heavy atom. The van der Waals surface area contributed by atoms with Gasteiger partial charge in [-0.1, -0.05) is 32.9 Å². The molecule has 1 saturated heterocycles. The Balaban J connectivity index is 0.00000288. The van der Waals surface area contributed by atoms with Gasteiger partial charge in [-0.15, -0.1) is 12.4 Å². The number of nitrogens with one attached hydrogen (secondary N) is 1. The van der Waals surface area contributed by atoms with Crippen LogP contribution in [0.3, 0.4) is 0 Å². The van der Waals surface area contributed by atoms with Gasteiger partial charge in [0, 0.05) is 5.69 Å². The minimum absolute atomic E-state index is 0.